The zero-order valence-corrected chi connectivity index (χ0v) is 16.0. The van der Waals surface area contributed by atoms with Crippen molar-refractivity contribution in [2.24, 2.45) is 0 Å². The number of piperazine rings is 1. The predicted octanol–water partition coefficient (Wildman–Crippen LogP) is 2.33. The summed E-state index contributed by atoms with van der Waals surface area (Å²) in [6.45, 7) is 7.63. The van der Waals surface area contributed by atoms with Crippen LogP contribution in [0.4, 0.5) is 11.4 Å². The highest BCUT2D eigenvalue weighted by molar-refractivity contribution is 6.33. The molecule has 0 aromatic heterocycles. The summed E-state index contributed by atoms with van der Waals surface area (Å²) < 4.78 is 5.16. The van der Waals surface area contributed by atoms with Crippen molar-refractivity contribution in [2.45, 2.75) is 6.92 Å². The number of halogens is 1. The number of nitrogens with zero attached hydrogens (tertiary/aromatic N) is 1. The molecule has 0 atom stereocenters. The van der Waals surface area contributed by atoms with E-state index in [-0.39, 0.29) is 5.91 Å². The van der Waals surface area contributed by atoms with Crippen molar-refractivity contribution in [3.05, 3.63) is 53.1 Å². The van der Waals surface area contributed by atoms with Crippen LogP contribution in [0, 0.1) is 0 Å². The molecule has 26 heavy (non-hydrogen) atoms. The maximum atomic E-state index is 12.4. The first kappa shape index (κ1) is 18.5. The predicted molar refractivity (Wildman–Crippen MR) is 106 cm³/mol. The van der Waals surface area contributed by atoms with E-state index in [1.807, 2.05) is 24.3 Å². The molecule has 0 spiro atoms. The standard InChI is InChI=1S/C20H24ClN3O2/c1-3-23-9-11-24(12-10-23)19-8-7-16(14-18(19)21)22-20(25)15-5-4-6-17(13-15)26-2/h4-8,13-14H,3,9-12H2,1-2H3,(H,22,25)/p+1. The Labute approximate surface area is 159 Å². The summed E-state index contributed by atoms with van der Waals surface area (Å²) in [7, 11) is 1.58. The molecule has 0 saturated carbocycles. The van der Waals surface area contributed by atoms with Crippen LogP contribution in [-0.2, 0) is 0 Å². The lowest BCUT2D eigenvalue weighted by Crippen LogP contribution is -3.14. The first-order chi connectivity index (χ1) is 12.6. The Bertz CT molecular complexity index is 773. The van der Waals surface area contributed by atoms with Gasteiger partial charge in [0.05, 0.1) is 50.5 Å². The molecule has 1 heterocycles. The van der Waals surface area contributed by atoms with Crippen molar-refractivity contribution in [3.63, 3.8) is 0 Å². The topological polar surface area (TPSA) is 46.0 Å². The molecule has 5 nitrogen and oxygen atoms in total. The van der Waals surface area contributed by atoms with Crippen molar-refractivity contribution in [1.82, 2.24) is 0 Å². The van der Waals surface area contributed by atoms with E-state index in [4.69, 9.17) is 16.3 Å². The molecular formula is C20H25ClN3O2+. The number of anilines is 2. The van der Waals surface area contributed by atoms with Gasteiger partial charge in [-0.25, -0.2) is 0 Å². The van der Waals surface area contributed by atoms with Gasteiger partial charge >= 0.3 is 0 Å². The van der Waals surface area contributed by atoms with Crippen molar-refractivity contribution in [2.75, 3.05) is 50.1 Å². The molecule has 0 aliphatic carbocycles. The number of hydrogen-bond acceptors (Lipinski definition) is 3. The van der Waals surface area contributed by atoms with Gasteiger partial charge in [0.25, 0.3) is 5.91 Å². The van der Waals surface area contributed by atoms with E-state index in [0.29, 0.717) is 22.0 Å². The molecule has 3 rings (SSSR count). The normalized spacial score (nSPS) is 15.0. The largest absolute Gasteiger partial charge is 0.497 e. The molecule has 1 aliphatic heterocycles. The highest BCUT2D eigenvalue weighted by atomic mass is 35.5. The average Bonchev–Trinajstić information content (AvgIpc) is 2.68. The van der Waals surface area contributed by atoms with Crippen LogP contribution >= 0.6 is 11.6 Å². The van der Waals surface area contributed by atoms with Crippen LogP contribution in [0.1, 0.15) is 17.3 Å². The number of methoxy groups -OCH3 is 1. The Morgan fingerprint density at radius 1 is 1.23 bits per heavy atom. The number of nitrogens with one attached hydrogen (secondary N) is 2. The Hall–Kier alpha value is -2.24. The van der Waals surface area contributed by atoms with Crippen LogP contribution in [0.2, 0.25) is 5.02 Å². The zero-order valence-electron chi connectivity index (χ0n) is 15.2. The highest BCUT2D eigenvalue weighted by Gasteiger charge is 2.20. The van der Waals surface area contributed by atoms with Crippen LogP contribution in [-0.4, -0.2) is 45.7 Å². The third-order valence-electron chi connectivity index (χ3n) is 4.85. The molecule has 2 N–H and O–H groups in total. The fraction of sp³-hybridized carbons (Fsp3) is 0.350. The Morgan fingerprint density at radius 2 is 2.00 bits per heavy atom. The average molecular weight is 375 g/mol. The number of carbonyl (C=O) groups excluding carboxylic acids is 1. The van der Waals surface area contributed by atoms with Crippen molar-refractivity contribution in [1.29, 1.82) is 0 Å². The van der Waals surface area contributed by atoms with E-state index in [1.165, 1.54) is 0 Å². The zero-order chi connectivity index (χ0) is 18.5. The van der Waals surface area contributed by atoms with Gasteiger partial charge in [0.15, 0.2) is 0 Å². The number of rotatable bonds is 5. The second-order valence-electron chi connectivity index (χ2n) is 6.44. The second-order valence-corrected chi connectivity index (χ2v) is 6.85. The number of carbonyl (C=O) groups is 1. The molecule has 0 unspecified atom stereocenters. The molecule has 2 aromatic rings. The molecule has 1 aliphatic rings. The SMILES string of the molecule is CC[NH+]1CCN(c2ccc(NC(=O)c3cccc(OC)c3)cc2Cl)CC1. The lowest BCUT2D eigenvalue weighted by molar-refractivity contribution is -0.898. The lowest BCUT2D eigenvalue weighted by atomic mass is 10.2. The molecule has 138 valence electrons. The van der Waals surface area contributed by atoms with E-state index in [1.54, 1.807) is 30.2 Å². The van der Waals surface area contributed by atoms with Gasteiger partial charge in [-0.15, -0.1) is 0 Å². The first-order valence-electron chi connectivity index (χ1n) is 8.94. The monoisotopic (exact) mass is 374 g/mol. The fourth-order valence-electron chi connectivity index (χ4n) is 3.23. The maximum absolute atomic E-state index is 12.4. The van der Waals surface area contributed by atoms with Crippen LogP contribution in [0.3, 0.4) is 0 Å². The fourth-order valence-corrected chi connectivity index (χ4v) is 3.53. The summed E-state index contributed by atoms with van der Waals surface area (Å²) in [5.41, 5.74) is 2.26. The van der Waals surface area contributed by atoms with E-state index < -0.39 is 0 Å². The summed E-state index contributed by atoms with van der Waals surface area (Å²) in [5, 5.41) is 3.56. The highest BCUT2D eigenvalue weighted by Crippen LogP contribution is 2.29. The lowest BCUT2D eigenvalue weighted by Gasteiger charge is -2.33. The summed E-state index contributed by atoms with van der Waals surface area (Å²) in [4.78, 5) is 16.4. The van der Waals surface area contributed by atoms with E-state index >= 15 is 0 Å². The molecule has 1 saturated heterocycles. The number of likely N-dealkylation sites (N-methyl/N-ethyl adjacent to an activating group) is 1. The number of quaternary nitrogens is 1. The smallest absolute Gasteiger partial charge is 0.255 e. The van der Waals surface area contributed by atoms with Gasteiger partial charge in [0, 0.05) is 11.3 Å². The Kier molecular flexibility index (Phi) is 6.01. The third-order valence-corrected chi connectivity index (χ3v) is 5.15. The maximum Gasteiger partial charge on any atom is 0.255 e. The van der Waals surface area contributed by atoms with Gasteiger partial charge in [-0.2, -0.15) is 0 Å². The van der Waals surface area contributed by atoms with Crippen molar-refractivity contribution < 1.29 is 14.4 Å². The quantitative estimate of drug-likeness (QED) is 0.844. The molecule has 1 fully saturated rings. The van der Waals surface area contributed by atoms with Gasteiger partial charge in [0.1, 0.15) is 5.75 Å². The van der Waals surface area contributed by atoms with Gasteiger partial charge in [-0.3, -0.25) is 4.79 Å². The van der Waals surface area contributed by atoms with Crippen LogP contribution in [0.25, 0.3) is 0 Å². The molecule has 2 aromatic carbocycles. The molecule has 0 bridgehead atoms. The first-order valence-corrected chi connectivity index (χ1v) is 9.32. The van der Waals surface area contributed by atoms with Gasteiger partial charge in [-0.05, 0) is 43.3 Å². The summed E-state index contributed by atoms with van der Waals surface area (Å²) in [5.74, 6) is 0.465. The molecule has 0 radical (unpaired) electrons. The number of amides is 1. The molecule has 1 amide bonds. The van der Waals surface area contributed by atoms with Gasteiger partial charge < -0.3 is 19.9 Å². The summed E-state index contributed by atoms with van der Waals surface area (Å²) in [6.07, 6.45) is 0. The molecule has 6 heteroatoms. The Morgan fingerprint density at radius 3 is 2.65 bits per heavy atom. The second kappa shape index (κ2) is 8.43. The van der Waals surface area contributed by atoms with Crippen LogP contribution < -0.4 is 19.9 Å². The van der Waals surface area contributed by atoms with Gasteiger partial charge in [0.2, 0.25) is 0 Å². The van der Waals surface area contributed by atoms with Crippen molar-refractivity contribution >= 4 is 28.9 Å². The van der Waals surface area contributed by atoms with Crippen LogP contribution in [0.5, 0.6) is 5.75 Å². The van der Waals surface area contributed by atoms with Gasteiger partial charge in [-0.1, -0.05) is 17.7 Å². The minimum atomic E-state index is -0.187. The number of benzene rings is 2. The summed E-state index contributed by atoms with van der Waals surface area (Å²) >= 11 is 6.49. The number of hydrogen-bond donors (Lipinski definition) is 2. The van der Waals surface area contributed by atoms with E-state index in [0.717, 1.165) is 38.4 Å². The van der Waals surface area contributed by atoms with Crippen molar-refractivity contribution in [3.8, 4) is 5.75 Å². The minimum Gasteiger partial charge on any atom is -0.497 e. The Balaban J connectivity index is 1.68. The molecular weight excluding hydrogens is 350 g/mol. The third kappa shape index (κ3) is 4.29. The van der Waals surface area contributed by atoms with E-state index in [9.17, 15) is 4.79 Å². The number of ether oxygens (including phenoxy) is 1. The minimum absolute atomic E-state index is 0.187. The van der Waals surface area contributed by atoms with E-state index in [2.05, 4.69) is 17.1 Å². The summed E-state index contributed by atoms with van der Waals surface area (Å²) in [6, 6.07) is 12.8. The van der Waals surface area contributed by atoms with Crippen LogP contribution in [0.15, 0.2) is 42.5 Å².